The number of hydrogen-bond donors (Lipinski definition) is 2. The lowest BCUT2D eigenvalue weighted by atomic mass is 10.2. The average Bonchev–Trinajstić information content (AvgIpc) is 2.85. The summed E-state index contributed by atoms with van der Waals surface area (Å²) >= 11 is 0. The molecule has 6 heteroatoms. The van der Waals surface area contributed by atoms with E-state index >= 15 is 0 Å². The number of imidazole rings is 1. The third kappa shape index (κ3) is 1.22. The van der Waals surface area contributed by atoms with Crippen LogP contribution in [0.5, 0.6) is 0 Å². The van der Waals surface area contributed by atoms with Crippen LogP contribution in [0.1, 0.15) is 31.7 Å². The molecule has 1 saturated carbocycles. The molecule has 0 saturated heterocycles. The molecule has 2 aromatic heterocycles. The molecule has 0 aromatic carbocycles. The molecular formula is C10H14N6. The van der Waals surface area contributed by atoms with E-state index in [1.54, 1.807) is 0 Å². The van der Waals surface area contributed by atoms with Crippen molar-refractivity contribution < 1.29 is 0 Å². The van der Waals surface area contributed by atoms with Gasteiger partial charge in [0.05, 0.1) is 0 Å². The minimum Gasteiger partial charge on any atom is -0.382 e. The van der Waals surface area contributed by atoms with Gasteiger partial charge in [-0.15, -0.1) is 0 Å². The van der Waals surface area contributed by atoms with Gasteiger partial charge in [0.1, 0.15) is 6.33 Å². The van der Waals surface area contributed by atoms with Crippen LogP contribution in [0.3, 0.4) is 0 Å². The van der Waals surface area contributed by atoms with Crippen molar-refractivity contribution in [2.45, 2.75) is 31.7 Å². The maximum Gasteiger partial charge on any atom is 0.202 e. The zero-order chi connectivity index (χ0) is 11.1. The van der Waals surface area contributed by atoms with Gasteiger partial charge >= 0.3 is 0 Å². The van der Waals surface area contributed by atoms with E-state index in [2.05, 4.69) is 15.0 Å². The highest BCUT2D eigenvalue weighted by molar-refractivity contribution is 5.83. The van der Waals surface area contributed by atoms with Gasteiger partial charge in [0.25, 0.3) is 0 Å². The fraction of sp³-hybridized carbons (Fsp3) is 0.500. The molecule has 84 valence electrons. The first-order chi connectivity index (χ1) is 7.77. The highest BCUT2D eigenvalue weighted by atomic mass is 15.2. The van der Waals surface area contributed by atoms with Gasteiger partial charge in [-0.05, 0) is 12.8 Å². The first kappa shape index (κ1) is 9.38. The summed E-state index contributed by atoms with van der Waals surface area (Å²) in [5.41, 5.74) is 13.1. The molecule has 1 fully saturated rings. The number of hydrogen-bond acceptors (Lipinski definition) is 5. The molecule has 0 bridgehead atoms. The molecular weight excluding hydrogens is 204 g/mol. The van der Waals surface area contributed by atoms with Crippen molar-refractivity contribution in [1.82, 2.24) is 19.5 Å². The summed E-state index contributed by atoms with van der Waals surface area (Å²) in [6.07, 6.45) is 6.22. The summed E-state index contributed by atoms with van der Waals surface area (Å²) < 4.78 is 2.00. The zero-order valence-corrected chi connectivity index (χ0v) is 8.93. The molecule has 1 aliphatic carbocycles. The Morgan fingerprint density at radius 1 is 1.19 bits per heavy atom. The molecule has 0 radical (unpaired) electrons. The minimum atomic E-state index is 0.397. The summed E-state index contributed by atoms with van der Waals surface area (Å²) in [5, 5.41) is 0. The summed E-state index contributed by atoms with van der Waals surface area (Å²) in [7, 11) is 0. The van der Waals surface area contributed by atoms with Crippen LogP contribution in [0.2, 0.25) is 0 Å². The maximum absolute atomic E-state index is 5.93. The van der Waals surface area contributed by atoms with E-state index in [0.29, 0.717) is 23.3 Å². The SMILES string of the molecule is Nc1ncnc2c1nc(N)n2C1CCCC1. The van der Waals surface area contributed by atoms with Gasteiger partial charge in [0.2, 0.25) is 5.95 Å². The normalized spacial score (nSPS) is 17.2. The van der Waals surface area contributed by atoms with E-state index in [-0.39, 0.29) is 0 Å². The molecule has 16 heavy (non-hydrogen) atoms. The Bertz CT molecular complexity index is 525. The number of nitrogens with two attached hydrogens (primary N) is 2. The van der Waals surface area contributed by atoms with E-state index in [1.165, 1.54) is 19.2 Å². The molecule has 1 aliphatic rings. The molecule has 0 unspecified atom stereocenters. The maximum atomic E-state index is 5.93. The first-order valence-electron chi connectivity index (χ1n) is 5.51. The molecule has 3 rings (SSSR count). The first-order valence-corrected chi connectivity index (χ1v) is 5.51. The number of anilines is 2. The summed E-state index contributed by atoms with van der Waals surface area (Å²) in [5.74, 6) is 0.891. The Balaban J connectivity index is 2.22. The van der Waals surface area contributed by atoms with Gasteiger partial charge < -0.3 is 11.5 Å². The lowest BCUT2D eigenvalue weighted by Gasteiger charge is -2.12. The van der Waals surface area contributed by atoms with Crippen LogP contribution in [0.25, 0.3) is 11.2 Å². The number of fused-ring (bicyclic) bond motifs is 1. The third-order valence-electron chi connectivity index (χ3n) is 3.22. The fourth-order valence-electron chi connectivity index (χ4n) is 2.47. The topological polar surface area (TPSA) is 95.6 Å². The van der Waals surface area contributed by atoms with Crippen LogP contribution in [-0.4, -0.2) is 19.5 Å². The van der Waals surface area contributed by atoms with E-state index in [4.69, 9.17) is 11.5 Å². The van der Waals surface area contributed by atoms with Crippen molar-refractivity contribution in [3.8, 4) is 0 Å². The molecule has 0 aliphatic heterocycles. The van der Waals surface area contributed by atoms with Crippen molar-refractivity contribution in [3.05, 3.63) is 6.33 Å². The Morgan fingerprint density at radius 2 is 1.94 bits per heavy atom. The standard InChI is InChI=1S/C10H14N6/c11-8-7-9(14-5-13-8)16(10(12)15-7)6-3-1-2-4-6/h5-6H,1-4H2,(H2,12,15)(H2,11,13,14). The molecule has 0 spiro atoms. The van der Waals surface area contributed by atoms with Gasteiger partial charge in [-0.1, -0.05) is 12.8 Å². The smallest absolute Gasteiger partial charge is 0.202 e. The van der Waals surface area contributed by atoms with Crippen molar-refractivity contribution in [2.24, 2.45) is 0 Å². The Hall–Kier alpha value is -1.85. The van der Waals surface area contributed by atoms with Crippen molar-refractivity contribution >= 4 is 22.9 Å². The van der Waals surface area contributed by atoms with Gasteiger partial charge in [0.15, 0.2) is 17.0 Å². The Labute approximate surface area is 92.7 Å². The monoisotopic (exact) mass is 218 g/mol. The van der Waals surface area contributed by atoms with E-state index in [9.17, 15) is 0 Å². The number of rotatable bonds is 1. The van der Waals surface area contributed by atoms with Crippen LogP contribution in [-0.2, 0) is 0 Å². The summed E-state index contributed by atoms with van der Waals surface area (Å²) in [6.45, 7) is 0. The largest absolute Gasteiger partial charge is 0.382 e. The lowest BCUT2D eigenvalue weighted by Crippen LogP contribution is -2.09. The second kappa shape index (κ2) is 3.33. The number of nitrogen functional groups attached to an aromatic ring is 2. The van der Waals surface area contributed by atoms with Crippen LogP contribution < -0.4 is 11.5 Å². The number of aromatic nitrogens is 4. The van der Waals surface area contributed by atoms with Crippen LogP contribution in [0.4, 0.5) is 11.8 Å². The van der Waals surface area contributed by atoms with Gasteiger partial charge in [-0.2, -0.15) is 0 Å². The van der Waals surface area contributed by atoms with Crippen molar-refractivity contribution in [2.75, 3.05) is 11.5 Å². The lowest BCUT2D eigenvalue weighted by molar-refractivity contribution is 0.536. The summed E-state index contributed by atoms with van der Waals surface area (Å²) in [6, 6.07) is 0.416. The van der Waals surface area contributed by atoms with E-state index in [0.717, 1.165) is 18.5 Å². The van der Waals surface area contributed by atoms with Crippen LogP contribution in [0, 0.1) is 0 Å². The Morgan fingerprint density at radius 3 is 2.69 bits per heavy atom. The molecule has 4 N–H and O–H groups in total. The van der Waals surface area contributed by atoms with E-state index in [1.807, 2.05) is 4.57 Å². The molecule has 6 nitrogen and oxygen atoms in total. The quantitative estimate of drug-likeness (QED) is 0.747. The summed E-state index contributed by atoms with van der Waals surface area (Å²) in [4.78, 5) is 12.4. The third-order valence-corrected chi connectivity index (χ3v) is 3.22. The zero-order valence-electron chi connectivity index (χ0n) is 8.93. The highest BCUT2D eigenvalue weighted by Gasteiger charge is 2.23. The van der Waals surface area contributed by atoms with Crippen molar-refractivity contribution in [3.63, 3.8) is 0 Å². The second-order valence-electron chi connectivity index (χ2n) is 4.21. The average molecular weight is 218 g/mol. The fourth-order valence-corrected chi connectivity index (χ4v) is 2.47. The highest BCUT2D eigenvalue weighted by Crippen LogP contribution is 2.34. The molecule has 2 heterocycles. The Kier molecular flexibility index (Phi) is 1.95. The number of nitrogens with zero attached hydrogens (tertiary/aromatic N) is 4. The second-order valence-corrected chi connectivity index (χ2v) is 4.21. The predicted octanol–water partition coefficient (Wildman–Crippen LogP) is 1.11. The predicted molar refractivity (Wildman–Crippen MR) is 61.7 cm³/mol. The molecule has 0 amide bonds. The van der Waals surface area contributed by atoms with E-state index < -0.39 is 0 Å². The van der Waals surface area contributed by atoms with Crippen LogP contribution in [0.15, 0.2) is 6.33 Å². The molecule has 0 atom stereocenters. The van der Waals surface area contributed by atoms with Crippen molar-refractivity contribution in [1.29, 1.82) is 0 Å². The minimum absolute atomic E-state index is 0.397. The van der Waals surface area contributed by atoms with Gasteiger partial charge in [0, 0.05) is 6.04 Å². The van der Waals surface area contributed by atoms with Crippen LogP contribution >= 0.6 is 0 Å². The van der Waals surface area contributed by atoms with Gasteiger partial charge in [-0.3, -0.25) is 4.57 Å². The molecule has 2 aromatic rings. The van der Waals surface area contributed by atoms with Gasteiger partial charge in [-0.25, -0.2) is 15.0 Å².